The van der Waals surface area contributed by atoms with E-state index in [0.717, 1.165) is 0 Å². The van der Waals surface area contributed by atoms with Crippen LogP contribution in [0.4, 0.5) is 4.39 Å². The van der Waals surface area contributed by atoms with Gasteiger partial charge in [0.25, 0.3) is 0 Å². The minimum Gasteiger partial charge on any atom is -0.388 e. The van der Waals surface area contributed by atoms with Crippen molar-refractivity contribution in [3.63, 3.8) is 0 Å². The van der Waals surface area contributed by atoms with E-state index in [1.807, 2.05) is 0 Å². The zero-order chi connectivity index (χ0) is 14.0. The molecule has 5 heteroatoms. The number of aliphatic hydroxyl groups is 1. The third-order valence-corrected chi connectivity index (χ3v) is 3.31. The van der Waals surface area contributed by atoms with Crippen molar-refractivity contribution in [2.75, 3.05) is 0 Å². The lowest BCUT2D eigenvalue weighted by molar-refractivity contribution is 0.175. The molecule has 0 fully saturated rings. The van der Waals surface area contributed by atoms with E-state index in [9.17, 15) is 9.50 Å². The summed E-state index contributed by atoms with van der Waals surface area (Å²) < 4.78 is 13.7. The first-order chi connectivity index (χ1) is 8.99. The molecule has 0 radical (unpaired) electrons. The van der Waals surface area contributed by atoms with Crippen LogP contribution in [0.2, 0.25) is 5.02 Å². The zero-order valence-electron chi connectivity index (χ0n) is 10.7. The first-order valence-electron chi connectivity index (χ1n) is 5.91. The van der Waals surface area contributed by atoms with Crippen molar-refractivity contribution in [2.45, 2.75) is 26.4 Å². The van der Waals surface area contributed by atoms with Crippen LogP contribution in [0.3, 0.4) is 0 Å². The molecule has 2 rings (SSSR count). The number of aryl methyl sites for hydroxylation is 2. The number of aliphatic hydroxyl groups excluding tert-OH is 1. The quantitative estimate of drug-likeness (QED) is 0.939. The molecule has 0 saturated carbocycles. The molecule has 1 aromatic carbocycles. The molecular weight excluding hydrogens is 267 g/mol. The van der Waals surface area contributed by atoms with Crippen LogP contribution in [-0.4, -0.2) is 15.3 Å². The predicted molar refractivity (Wildman–Crippen MR) is 71.6 cm³/mol. The summed E-state index contributed by atoms with van der Waals surface area (Å²) in [5.74, 6) is -0.414. The van der Waals surface area contributed by atoms with E-state index < -0.39 is 11.9 Å². The number of hydrogen-bond acceptors (Lipinski definition) is 3. The van der Waals surface area contributed by atoms with Crippen LogP contribution in [0.5, 0.6) is 0 Å². The molecule has 0 aliphatic heterocycles. The predicted octanol–water partition coefficient (Wildman–Crippen LogP) is 3.16. The third kappa shape index (κ3) is 3.08. The van der Waals surface area contributed by atoms with Crippen LogP contribution in [0.15, 0.2) is 24.3 Å². The Labute approximate surface area is 116 Å². The standard InChI is InChI=1S/C14H14ClFN2O/c1-8-6-10(9(2)18-17-8)14(19)7-11-12(15)4-3-5-13(11)16/h3-6,14,19H,7H2,1-2H3. The van der Waals surface area contributed by atoms with Crippen molar-refractivity contribution in [2.24, 2.45) is 0 Å². The van der Waals surface area contributed by atoms with Crippen molar-refractivity contribution in [3.05, 3.63) is 57.6 Å². The molecule has 1 heterocycles. The molecule has 3 nitrogen and oxygen atoms in total. The molecule has 0 saturated heterocycles. The second-order valence-corrected chi connectivity index (χ2v) is 4.85. The lowest BCUT2D eigenvalue weighted by Gasteiger charge is -2.14. The molecule has 1 unspecified atom stereocenters. The van der Waals surface area contributed by atoms with Gasteiger partial charge in [0.05, 0.1) is 17.5 Å². The number of nitrogens with zero attached hydrogens (tertiary/aromatic N) is 2. The molecule has 0 aliphatic rings. The van der Waals surface area contributed by atoms with Gasteiger partial charge in [-0.2, -0.15) is 10.2 Å². The molecule has 0 aliphatic carbocycles. The molecule has 0 amide bonds. The molecular formula is C14H14ClFN2O. The van der Waals surface area contributed by atoms with E-state index in [1.165, 1.54) is 12.1 Å². The summed E-state index contributed by atoms with van der Waals surface area (Å²) >= 11 is 5.95. The van der Waals surface area contributed by atoms with Crippen molar-refractivity contribution >= 4 is 11.6 Å². The van der Waals surface area contributed by atoms with Crippen LogP contribution in [-0.2, 0) is 6.42 Å². The molecule has 1 aromatic heterocycles. The molecule has 2 aromatic rings. The summed E-state index contributed by atoms with van der Waals surface area (Å²) in [7, 11) is 0. The number of benzene rings is 1. The van der Waals surface area contributed by atoms with Gasteiger partial charge >= 0.3 is 0 Å². The third-order valence-electron chi connectivity index (χ3n) is 2.96. The largest absolute Gasteiger partial charge is 0.388 e. The highest BCUT2D eigenvalue weighted by atomic mass is 35.5. The lowest BCUT2D eigenvalue weighted by Crippen LogP contribution is -2.08. The Morgan fingerprint density at radius 3 is 2.74 bits per heavy atom. The Hall–Kier alpha value is -1.52. The second-order valence-electron chi connectivity index (χ2n) is 4.45. The smallest absolute Gasteiger partial charge is 0.127 e. The minimum atomic E-state index is -0.858. The van der Waals surface area contributed by atoms with Crippen LogP contribution >= 0.6 is 11.6 Å². The number of rotatable bonds is 3. The van der Waals surface area contributed by atoms with Gasteiger partial charge in [0.2, 0.25) is 0 Å². The maximum Gasteiger partial charge on any atom is 0.127 e. The second kappa shape index (κ2) is 5.63. The summed E-state index contributed by atoms with van der Waals surface area (Å²) in [4.78, 5) is 0. The fourth-order valence-corrected chi connectivity index (χ4v) is 2.18. The van der Waals surface area contributed by atoms with E-state index in [2.05, 4.69) is 10.2 Å². The average molecular weight is 281 g/mol. The van der Waals surface area contributed by atoms with Crippen molar-refractivity contribution in [3.8, 4) is 0 Å². The van der Waals surface area contributed by atoms with Gasteiger partial charge in [-0.15, -0.1) is 0 Å². The Bertz CT molecular complexity index is 584. The molecule has 1 N–H and O–H groups in total. The van der Waals surface area contributed by atoms with E-state index in [0.29, 0.717) is 27.5 Å². The van der Waals surface area contributed by atoms with Gasteiger partial charge in [0.15, 0.2) is 0 Å². The highest BCUT2D eigenvalue weighted by Crippen LogP contribution is 2.26. The molecule has 1 atom stereocenters. The van der Waals surface area contributed by atoms with Crippen LogP contribution in [0, 0.1) is 19.7 Å². The van der Waals surface area contributed by atoms with Gasteiger partial charge in [-0.05, 0) is 32.0 Å². The Morgan fingerprint density at radius 1 is 1.32 bits per heavy atom. The van der Waals surface area contributed by atoms with Crippen molar-refractivity contribution in [1.82, 2.24) is 10.2 Å². The van der Waals surface area contributed by atoms with E-state index in [-0.39, 0.29) is 6.42 Å². The van der Waals surface area contributed by atoms with Gasteiger partial charge in [-0.3, -0.25) is 0 Å². The zero-order valence-corrected chi connectivity index (χ0v) is 11.4. The molecule has 100 valence electrons. The van der Waals surface area contributed by atoms with Crippen molar-refractivity contribution in [1.29, 1.82) is 0 Å². The Morgan fingerprint density at radius 2 is 2.05 bits per heavy atom. The first kappa shape index (κ1) is 13.9. The van der Waals surface area contributed by atoms with Gasteiger partial charge in [0.1, 0.15) is 5.82 Å². The van der Waals surface area contributed by atoms with E-state index in [4.69, 9.17) is 11.6 Å². The van der Waals surface area contributed by atoms with Gasteiger partial charge in [-0.25, -0.2) is 4.39 Å². The topological polar surface area (TPSA) is 46.0 Å². The van der Waals surface area contributed by atoms with Crippen molar-refractivity contribution < 1.29 is 9.50 Å². The molecule has 0 bridgehead atoms. The number of halogens is 2. The average Bonchev–Trinajstić information content (AvgIpc) is 2.37. The maximum atomic E-state index is 13.7. The maximum absolute atomic E-state index is 13.7. The van der Waals surface area contributed by atoms with Crippen LogP contribution in [0.1, 0.15) is 28.6 Å². The van der Waals surface area contributed by atoms with Crippen LogP contribution in [0.25, 0.3) is 0 Å². The highest BCUT2D eigenvalue weighted by molar-refractivity contribution is 6.31. The molecule has 19 heavy (non-hydrogen) atoms. The highest BCUT2D eigenvalue weighted by Gasteiger charge is 2.17. The lowest BCUT2D eigenvalue weighted by atomic mass is 10.00. The number of hydrogen-bond donors (Lipinski definition) is 1. The van der Waals surface area contributed by atoms with Crippen LogP contribution < -0.4 is 0 Å². The fourth-order valence-electron chi connectivity index (χ4n) is 1.94. The summed E-state index contributed by atoms with van der Waals surface area (Å²) in [6, 6.07) is 6.23. The fraction of sp³-hybridized carbons (Fsp3) is 0.286. The van der Waals surface area contributed by atoms with E-state index in [1.54, 1.807) is 26.0 Å². The summed E-state index contributed by atoms with van der Waals surface area (Å²) in [5.41, 5.74) is 2.29. The van der Waals surface area contributed by atoms with Gasteiger partial charge in [0, 0.05) is 22.6 Å². The number of aromatic nitrogens is 2. The monoisotopic (exact) mass is 280 g/mol. The summed E-state index contributed by atoms with van der Waals surface area (Å²) in [6.45, 7) is 3.55. The van der Waals surface area contributed by atoms with Gasteiger partial charge in [-0.1, -0.05) is 17.7 Å². The SMILES string of the molecule is Cc1cc(C(O)Cc2c(F)cccc2Cl)c(C)nn1. The summed E-state index contributed by atoms with van der Waals surface area (Å²) in [5, 5.41) is 18.4. The Balaban J connectivity index is 2.31. The van der Waals surface area contributed by atoms with Gasteiger partial charge < -0.3 is 5.11 Å². The van der Waals surface area contributed by atoms with E-state index >= 15 is 0 Å². The Kier molecular flexibility index (Phi) is 4.12. The first-order valence-corrected chi connectivity index (χ1v) is 6.28. The minimum absolute atomic E-state index is 0.109. The molecule has 0 spiro atoms. The normalized spacial score (nSPS) is 12.5. The summed E-state index contributed by atoms with van der Waals surface area (Å²) in [6.07, 6.45) is -0.749.